The van der Waals surface area contributed by atoms with Crippen molar-refractivity contribution in [3.05, 3.63) is 220 Å². The molecule has 740 valence electrons. The number of amides is 3. The molecule has 3 spiro atoms. The zero-order chi connectivity index (χ0) is 98.2. The number of aryl methyl sites for hydroxylation is 6. The van der Waals surface area contributed by atoms with E-state index in [2.05, 4.69) is 153 Å². The van der Waals surface area contributed by atoms with Crippen LogP contribution in [0.4, 0.5) is 35.1 Å². The molecule has 9 aliphatic rings. The molecule has 0 bridgehead atoms. The van der Waals surface area contributed by atoms with E-state index in [0.29, 0.717) is 125 Å². The monoisotopic (exact) mass is 1960 g/mol. The summed E-state index contributed by atoms with van der Waals surface area (Å²) in [6.45, 7) is 41.7. The standard InChI is InChI=1S/C35H44ClF3N6O.C34H43ClF2N6O2.C33H41ClF3N7O.CH4/c1-20-26(36)16-23-25(34(5,6)32-40-19-41-43(32)7)17-35(30(23)42-20)11-14-44(15-12-35)31(46)22-10-13-45(33(2,3)4)18-24(22)21-8-9-27(37)29(39)28(21)38;1-20-26(35)17-24-28(40-20)34(45-29(24)33(5,6)31-38-19-39-41(31)7)11-14-42(15-12-34)30(44)23-10-13-43(32(2,3)4)18-25(23)22-9-8-21(36)16-27(22)37;1-18(30-39-40-41-42(30)6)23-16-33(29-22(23)15-25(34)19(2)38-29)10-13-43(14-11-33)31(45)21-9-12-44(32(3,4)5)17-24(21)20-7-8-26(35)28(37)27(20)36;/h8-9,16,19,22,24-25H,10-15,17-18H2,1-7H3;8-9,16-17,19,23,25,29H,10-15,18H2,1-7H3;7-8,15,18,21,23-24H,9-14,16-17H2,1-6H3;1H4/t22-,24+,25-;23-,25+,29+;18?,21-,23+,24+;/m111./s1. The van der Waals surface area contributed by atoms with Crippen LogP contribution in [-0.2, 0) is 67.5 Å². The number of nitrogens with zero attached hydrogens (tertiary/aromatic N) is 19. The average Bonchev–Trinajstić information content (AvgIpc) is 1.57. The van der Waals surface area contributed by atoms with E-state index in [-0.39, 0.29) is 98.9 Å². The molecule has 2 aliphatic carbocycles. The van der Waals surface area contributed by atoms with Crippen LogP contribution in [-0.4, -0.2) is 207 Å². The van der Waals surface area contributed by atoms with Crippen LogP contribution in [0.1, 0.15) is 302 Å². The van der Waals surface area contributed by atoms with Gasteiger partial charge in [-0.3, -0.25) is 53.4 Å². The van der Waals surface area contributed by atoms with E-state index in [1.807, 2.05) is 73.4 Å². The van der Waals surface area contributed by atoms with Gasteiger partial charge < -0.3 is 19.4 Å². The summed E-state index contributed by atoms with van der Waals surface area (Å²) in [5.74, 6) is -9.48. The minimum absolute atomic E-state index is 0. The number of carbonyl (C=O) groups excluding carboxylic acids is 3. The fourth-order valence-corrected chi connectivity index (χ4v) is 24.6. The number of ether oxygens (including phenoxy) is 1. The van der Waals surface area contributed by atoms with Gasteiger partial charge in [-0.25, -0.2) is 49.8 Å². The Morgan fingerprint density at radius 2 is 0.832 bits per heavy atom. The van der Waals surface area contributed by atoms with Gasteiger partial charge in [0.25, 0.3) is 0 Å². The van der Waals surface area contributed by atoms with Gasteiger partial charge >= 0.3 is 0 Å². The maximum atomic E-state index is 15.2. The number of aromatic nitrogens is 13. The predicted octanol–water partition coefficient (Wildman–Crippen LogP) is 19.7. The highest BCUT2D eigenvalue weighted by molar-refractivity contribution is 6.32. The van der Waals surface area contributed by atoms with Crippen molar-refractivity contribution in [2.75, 3.05) is 78.5 Å². The fourth-order valence-electron chi connectivity index (χ4n) is 24.1. The van der Waals surface area contributed by atoms with Gasteiger partial charge in [-0.1, -0.05) is 81.2 Å². The number of halogens is 11. The molecule has 18 rings (SSSR count). The SMILES string of the molecule is C.Cc1nc2c(cc1Cl)[C@@H](C(C)(C)c1ncnn1C)OC21CCN(C(=O)[C@@H]2CCN(C(C)(C)C)C[C@H]2c2ccc(F)cc2F)CC1.Cc1nc2c(cc1Cl)[C@H](C(C)(C)c1ncnn1C)CC21CCN(C(=O)[C@@H]2CCN(C(C)(C)C)C[C@H]2c2ccc(F)c(F)c2F)CC1.Cc1nc2c(cc1Cl)[C@H](C(C)c1nnnn1C)CC21CCN(C(=O)[C@@H]2CCN(C(C)(C)C)C[C@H]2c2ccc(F)c(F)c2F)CC1. The Balaban J connectivity index is 0.000000155. The first-order valence-corrected chi connectivity index (χ1v) is 49.0. The topological polar surface area (TPSA) is 224 Å². The van der Waals surface area contributed by atoms with Crippen molar-refractivity contribution < 1.29 is 54.2 Å². The highest BCUT2D eigenvalue weighted by Crippen LogP contribution is 2.61. The molecule has 3 aromatic carbocycles. The summed E-state index contributed by atoms with van der Waals surface area (Å²) < 4.78 is 128. The number of tetrazole rings is 1. The molecule has 6 saturated heterocycles. The van der Waals surface area contributed by atoms with Gasteiger partial charge in [0.1, 0.15) is 41.5 Å². The van der Waals surface area contributed by atoms with Crippen LogP contribution in [0.2, 0.25) is 15.1 Å². The lowest BCUT2D eigenvalue weighted by molar-refractivity contribution is -0.154. The number of hydrogen-bond acceptors (Lipinski definition) is 17. The molecule has 0 saturated carbocycles. The van der Waals surface area contributed by atoms with Crippen molar-refractivity contribution in [2.24, 2.45) is 38.9 Å². The first kappa shape index (κ1) is 102. The number of likely N-dealkylation sites (tertiary alicyclic amines) is 6. The Morgan fingerprint density at radius 1 is 0.445 bits per heavy atom. The van der Waals surface area contributed by atoms with Gasteiger partial charge in [0.15, 0.2) is 40.7 Å². The van der Waals surface area contributed by atoms with Gasteiger partial charge in [-0.2, -0.15) is 10.2 Å². The Kier molecular flexibility index (Phi) is 28.7. The fraction of sp³-hybridized carbons (Fsp3) is 0.602. The average molecular weight is 1960 g/mol. The van der Waals surface area contributed by atoms with Crippen LogP contribution < -0.4 is 0 Å². The summed E-state index contributed by atoms with van der Waals surface area (Å²) in [4.78, 5) is 79.4. The summed E-state index contributed by atoms with van der Waals surface area (Å²) in [6.07, 6.45) is 10.1. The molecule has 1 unspecified atom stereocenters. The number of benzene rings is 3. The van der Waals surface area contributed by atoms with E-state index in [4.69, 9.17) is 54.5 Å². The van der Waals surface area contributed by atoms with Crippen molar-refractivity contribution in [2.45, 2.75) is 281 Å². The molecule has 10 atom stereocenters. The second kappa shape index (κ2) is 38.5. The Hall–Kier alpha value is -8.98. The molecule has 6 fully saturated rings. The van der Waals surface area contributed by atoms with Crippen LogP contribution in [0, 0.1) is 85.1 Å². The molecule has 34 heteroatoms. The zero-order valence-corrected chi connectivity index (χ0v) is 84.0. The third-order valence-electron chi connectivity index (χ3n) is 32.2. The lowest BCUT2D eigenvalue weighted by atomic mass is 9.70. The highest BCUT2D eigenvalue weighted by atomic mass is 35.5. The first-order chi connectivity index (χ1) is 63.9. The highest BCUT2D eigenvalue weighted by Gasteiger charge is 2.59. The van der Waals surface area contributed by atoms with Crippen LogP contribution in [0.25, 0.3) is 0 Å². The second-order valence-corrected chi connectivity index (χ2v) is 45.2. The molecular formula is C103H132Cl3F8N19O4. The molecular weight excluding hydrogens is 1830 g/mol. The summed E-state index contributed by atoms with van der Waals surface area (Å²) >= 11 is 19.9. The normalized spacial score (nSPS) is 23.7. The number of hydrogen-bond donors (Lipinski definition) is 0. The van der Waals surface area contributed by atoms with Crippen LogP contribution in [0.3, 0.4) is 0 Å². The Morgan fingerprint density at radius 3 is 1.24 bits per heavy atom. The largest absolute Gasteiger partial charge is 0.359 e. The molecule has 137 heavy (non-hydrogen) atoms. The zero-order valence-electron chi connectivity index (χ0n) is 81.8. The molecule has 9 aromatic rings. The lowest BCUT2D eigenvalue weighted by Crippen LogP contribution is -2.54. The predicted molar refractivity (Wildman–Crippen MR) is 510 cm³/mol. The van der Waals surface area contributed by atoms with E-state index in [1.165, 1.54) is 24.3 Å². The summed E-state index contributed by atoms with van der Waals surface area (Å²) in [5, 5.41) is 22.7. The maximum absolute atomic E-state index is 15.2. The molecule has 3 amide bonds. The second-order valence-electron chi connectivity index (χ2n) is 43.9. The van der Waals surface area contributed by atoms with E-state index in [9.17, 15) is 36.3 Å². The molecule has 7 aliphatic heterocycles. The van der Waals surface area contributed by atoms with E-state index in [0.717, 1.165) is 132 Å². The van der Waals surface area contributed by atoms with Gasteiger partial charge in [0.05, 0.1) is 60.8 Å². The third kappa shape index (κ3) is 19.1. The quantitative estimate of drug-likeness (QED) is 0.0819. The van der Waals surface area contributed by atoms with Gasteiger partial charge in [0, 0.05) is 166 Å². The van der Waals surface area contributed by atoms with Crippen molar-refractivity contribution in [1.82, 2.24) is 94.1 Å². The van der Waals surface area contributed by atoms with Crippen molar-refractivity contribution in [1.29, 1.82) is 0 Å². The number of rotatable bonds is 12. The summed E-state index contributed by atoms with van der Waals surface area (Å²) in [5.41, 5.74) is 6.39. The maximum Gasteiger partial charge on any atom is 0.226 e. The van der Waals surface area contributed by atoms with E-state index < -0.39 is 87.1 Å². The van der Waals surface area contributed by atoms with Crippen molar-refractivity contribution >= 4 is 52.5 Å². The molecule has 6 aromatic heterocycles. The van der Waals surface area contributed by atoms with Crippen molar-refractivity contribution in [3.8, 4) is 0 Å². The molecule has 0 radical (unpaired) electrons. The van der Waals surface area contributed by atoms with E-state index in [1.54, 1.807) is 22.0 Å². The number of carbonyl (C=O) groups is 3. The molecule has 13 heterocycles. The minimum Gasteiger partial charge on any atom is -0.359 e. The summed E-state index contributed by atoms with van der Waals surface area (Å²) in [6, 6.07) is 14.3. The third-order valence-corrected chi connectivity index (χ3v) is 33.4. The van der Waals surface area contributed by atoms with Crippen LogP contribution in [0.5, 0.6) is 0 Å². The Bertz CT molecular complexity index is 6020. The lowest BCUT2D eigenvalue weighted by Gasteiger charge is -2.47. The minimum atomic E-state index is -1.49. The first-order valence-electron chi connectivity index (χ1n) is 47.8. The van der Waals surface area contributed by atoms with Crippen LogP contribution >= 0.6 is 34.8 Å². The van der Waals surface area contributed by atoms with E-state index >= 15 is 13.2 Å². The van der Waals surface area contributed by atoms with Gasteiger partial charge in [-0.15, -0.1) is 5.10 Å². The Labute approximate surface area is 814 Å². The summed E-state index contributed by atoms with van der Waals surface area (Å²) in [7, 11) is 5.62. The van der Waals surface area contributed by atoms with Gasteiger partial charge in [0.2, 0.25) is 17.7 Å². The number of fused-ring (bicyclic) bond motifs is 6. The smallest absolute Gasteiger partial charge is 0.226 e. The van der Waals surface area contributed by atoms with Crippen molar-refractivity contribution in [3.63, 3.8) is 0 Å². The van der Waals surface area contributed by atoms with Crippen LogP contribution in [0.15, 0.2) is 73.3 Å². The number of pyridine rings is 3. The molecule has 0 N–H and O–H groups in total. The number of piperidine rings is 6. The van der Waals surface area contributed by atoms with Gasteiger partial charge in [-0.05, 0) is 274 Å². The molecule has 23 nitrogen and oxygen atoms in total.